The predicted molar refractivity (Wildman–Crippen MR) is 96.4 cm³/mol. The van der Waals surface area contributed by atoms with Crippen LogP contribution in [0.25, 0.3) is 22.0 Å². The monoisotopic (exact) mass is 343 g/mol. The number of hydrogen-bond donors (Lipinski definition) is 1. The van der Waals surface area contributed by atoms with E-state index in [1.54, 1.807) is 24.5 Å². The fourth-order valence-corrected chi connectivity index (χ4v) is 3.13. The van der Waals surface area contributed by atoms with Crippen LogP contribution in [-0.2, 0) is 6.61 Å². The summed E-state index contributed by atoms with van der Waals surface area (Å²) in [6.07, 6.45) is 3.37. The van der Waals surface area contributed by atoms with Crippen molar-refractivity contribution in [3.63, 3.8) is 0 Å². The van der Waals surface area contributed by atoms with Gasteiger partial charge in [0.2, 0.25) is 0 Å². The smallest absolute Gasteiger partial charge is 0.272 e. The van der Waals surface area contributed by atoms with Crippen molar-refractivity contribution in [1.82, 2.24) is 15.2 Å². The van der Waals surface area contributed by atoms with Gasteiger partial charge in [-0.25, -0.2) is 5.10 Å². The SMILES string of the molecule is O=c1[nH]nc2c3c(cccc13)Oc1ccc(COc3cccnc3)cc1-2. The summed E-state index contributed by atoms with van der Waals surface area (Å²) in [5.41, 5.74) is 2.28. The molecule has 0 aliphatic carbocycles. The number of hydrogen-bond acceptors (Lipinski definition) is 5. The van der Waals surface area contributed by atoms with E-state index >= 15 is 0 Å². The summed E-state index contributed by atoms with van der Waals surface area (Å²) in [4.78, 5) is 16.1. The number of fused-ring (bicyclic) bond motifs is 2. The zero-order valence-corrected chi connectivity index (χ0v) is 13.6. The Hall–Kier alpha value is -3.67. The zero-order chi connectivity index (χ0) is 17.5. The fraction of sp³-hybridized carbons (Fsp3) is 0.0500. The van der Waals surface area contributed by atoms with E-state index in [4.69, 9.17) is 9.47 Å². The van der Waals surface area contributed by atoms with Gasteiger partial charge in [0, 0.05) is 11.8 Å². The molecule has 4 aromatic rings. The quantitative estimate of drug-likeness (QED) is 0.541. The molecule has 0 unspecified atom stereocenters. The molecule has 0 atom stereocenters. The Morgan fingerprint density at radius 3 is 2.92 bits per heavy atom. The predicted octanol–water partition coefficient (Wildman–Crippen LogP) is 3.67. The summed E-state index contributed by atoms with van der Waals surface area (Å²) >= 11 is 0. The maximum atomic E-state index is 12.1. The number of aromatic amines is 1. The maximum absolute atomic E-state index is 12.1. The highest BCUT2D eigenvalue weighted by atomic mass is 16.5. The molecule has 0 radical (unpaired) electrons. The first kappa shape index (κ1) is 14.7. The maximum Gasteiger partial charge on any atom is 0.272 e. The molecule has 26 heavy (non-hydrogen) atoms. The van der Waals surface area contributed by atoms with E-state index in [0.29, 0.717) is 34.9 Å². The number of aromatic nitrogens is 3. The number of nitrogens with zero attached hydrogens (tertiary/aromatic N) is 2. The molecule has 126 valence electrons. The number of rotatable bonds is 3. The second-order valence-electron chi connectivity index (χ2n) is 5.99. The standard InChI is InChI=1S/C20H13N3O3/c24-20-14-4-1-5-17-18(14)19(22-23-20)15-9-12(6-7-16(15)26-17)11-25-13-3-2-8-21-10-13/h1-10H,11H2,(H,23,24). The first-order valence-corrected chi connectivity index (χ1v) is 8.15. The van der Waals surface area contributed by atoms with Crippen molar-refractivity contribution in [3.8, 4) is 28.5 Å². The van der Waals surface area contributed by atoms with Crippen molar-refractivity contribution in [2.24, 2.45) is 0 Å². The molecule has 2 aromatic heterocycles. The Morgan fingerprint density at radius 2 is 2.04 bits per heavy atom. The third kappa shape index (κ3) is 2.31. The number of ether oxygens (including phenoxy) is 2. The van der Waals surface area contributed by atoms with Crippen LogP contribution in [0.2, 0.25) is 0 Å². The van der Waals surface area contributed by atoms with Crippen molar-refractivity contribution in [3.05, 3.63) is 76.8 Å². The Bertz CT molecular complexity index is 1190. The second-order valence-corrected chi connectivity index (χ2v) is 5.99. The van der Waals surface area contributed by atoms with Crippen LogP contribution in [0.5, 0.6) is 17.2 Å². The van der Waals surface area contributed by atoms with Gasteiger partial charge in [-0.1, -0.05) is 12.1 Å². The van der Waals surface area contributed by atoms with Crippen molar-refractivity contribution in [2.75, 3.05) is 0 Å². The van der Waals surface area contributed by atoms with Crippen LogP contribution in [0, 0.1) is 0 Å². The summed E-state index contributed by atoms with van der Waals surface area (Å²) < 4.78 is 11.7. The molecule has 2 aromatic carbocycles. The highest BCUT2D eigenvalue weighted by Crippen LogP contribution is 2.44. The molecule has 1 aliphatic heterocycles. The van der Waals surface area contributed by atoms with Crippen LogP contribution in [0.4, 0.5) is 0 Å². The number of H-pyrrole nitrogens is 1. The van der Waals surface area contributed by atoms with E-state index in [1.165, 1.54) is 0 Å². The van der Waals surface area contributed by atoms with Crippen LogP contribution >= 0.6 is 0 Å². The van der Waals surface area contributed by atoms with Gasteiger partial charge < -0.3 is 9.47 Å². The number of pyridine rings is 1. The Morgan fingerprint density at radius 1 is 1.08 bits per heavy atom. The van der Waals surface area contributed by atoms with Gasteiger partial charge >= 0.3 is 0 Å². The van der Waals surface area contributed by atoms with Gasteiger partial charge in [0.1, 0.15) is 29.5 Å². The van der Waals surface area contributed by atoms with Gasteiger partial charge in [-0.2, -0.15) is 5.10 Å². The molecular formula is C20H13N3O3. The Labute approximate surface area is 148 Å². The number of nitrogens with one attached hydrogen (secondary N) is 1. The molecule has 1 aliphatic rings. The average Bonchev–Trinajstić information content (AvgIpc) is 2.69. The molecule has 5 rings (SSSR count). The van der Waals surface area contributed by atoms with Crippen molar-refractivity contribution < 1.29 is 9.47 Å². The normalized spacial score (nSPS) is 11.7. The lowest BCUT2D eigenvalue weighted by Crippen LogP contribution is -2.12. The van der Waals surface area contributed by atoms with Gasteiger partial charge in [-0.05, 0) is 42.0 Å². The lowest BCUT2D eigenvalue weighted by Gasteiger charge is -2.20. The zero-order valence-electron chi connectivity index (χ0n) is 13.6. The molecule has 6 nitrogen and oxygen atoms in total. The number of benzene rings is 2. The minimum absolute atomic E-state index is 0.228. The summed E-state index contributed by atoms with van der Waals surface area (Å²) in [6.45, 7) is 0.396. The average molecular weight is 343 g/mol. The molecule has 3 heterocycles. The molecule has 0 saturated heterocycles. The summed E-state index contributed by atoms with van der Waals surface area (Å²) in [7, 11) is 0. The molecule has 0 amide bonds. The summed E-state index contributed by atoms with van der Waals surface area (Å²) in [5, 5.41) is 8.14. The molecule has 0 spiro atoms. The topological polar surface area (TPSA) is 77.1 Å². The molecule has 0 saturated carbocycles. The van der Waals surface area contributed by atoms with Gasteiger partial charge in [0.15, 0.2) is 0 Å². The Balaban J connectivity index is 1.58. The van der Waals surface area contributed by atoms with E-state index in [2.05, 4.69) is 15.2 Å². The van der Waals surface area contributed by atoms with Crippen molar-refractivity contribution >= 4 is 10.8 Å². The lowest BCUT2D eigenvalue weighted by molar-refractivity contribution is 0.305. The summed E-state index contributed by atoms with van der Waals surface area (Å²) in [6, 6.07) is 14.9. The second kappa shape index (κ2) is 5.70. The third-order valence-corrected chi connectivity index (χ3v) is 4.34. The van der Waals surface area contributed by atoms with Gasteiger partial charge in [-0.3, -0.25) is 9.78 Å². The van der Waals surface area contributed by atoms with Gasteiger partial charge in [0.05, 0.1) is 17.0 Å². The molecule has 1 N–H and O–H groups in total. The van der Waals surface area contributed by atoms with E-state index in [-0.39, 0.29) is 5.56 Å². The van der Waals surface area contributed by atoms with E-state index in [9.17, 15) is 4.79 Å². The lowest BCUT2D eigenvalue weighted by atomic mass is 9.99. The van der Waals surface area contributed by atoms with Gasteiger partial charge in [0.25, 0.3) is 5.56 Å². The van der Waals surface area contributed by atoms with Crippen molar-refractivity contribution in [2.45, 2.75) is 6.61 Å². The first-order chi connectivity index (χ1) is 12.8. The van der Waals surface area contributed by atoms with E-state index in [1.807, 2.05) is 36.4 Å². The van der Waals surface area contributed by atoms with Crippen LogP contribution in [0.1, 0.15) is 5.56 Å². The van der Waals surface area contributed by atoms with Crippen LogP contribution in [0.15, 0.2) is 65.7 Å². The molecular weight excluding hydrogens is 330 g/mol. The van der Waals surface area contributed by atoms with Crippen LogP contribution in [-0.4, -0.2) is 15.2 Å². The van der Waals surface area contributed by atoms with E-state index in [0.717, 1.165) is 16.5 Å². The minimum atomic E-state index is -0.228. The highest BCUT2D eigenvalue weighted by molar-refractivity contribution is 6.01. The van der Waals surface area contributed by atoms with Crippen molar-refractivity contribution in [1.29, 1.82) is 0 Å². The fourth-order valence-electron chi connectivity index (χ4n) is 3.13. The summed E-state index contributed by atoms with van der Waals surface area (Å²) in [5.74, 6) is 2.05. The van der Waals surface area contributed by atoms with Crippen LogP contribution < -0.4 is 15.0 Å². The van der Waals surface area contributed by atoms with Crippen LogP contribution in [0.3, 0.4) is 0 Å². The first-order valence-electron chi connectivity index (χ1n) is 8.15. The third-order valence-electron chi connectivity index (χ3n) is 4.34. The molecule has 6 heteroatoms. The van der Waals surface area contributed by atoms with Gasteiger partial charge in [-0.15, -0.1) is 0 Å². The molecule has 0 fully saturated rings. The molecule has 0 bridgehead atoms. The largest absolute Gasteiger partial charge is 0.487 e. The Kier molecular flexibility index (Phi) is 3.21. The minimum Gasteiger partial charge on any atom is -0.487 e. The highest BCUT2D eigenvalue weighted by Gasteiger charge is 2.22. The van der Waals surface area contributed by atoms with E-state index < -0.39 is 0 Å².